The van der Waals surface area contributed by atoms with Crippen molar-refractivity contribution >= 4 is 11.8 Å². The number of likely N-dealkylation sites (tertiary alicyclic amines) is 1. The van der Waals surface area contributed by atoms with Gasteiger partial charge in [0.05, 0.1) is 6.04 Å². The fourth-order valence-corrected chi connectivity index (χ4v) is 3.08. The maximum absolute atomic E-state index is 12.7. The summed E-state index contributed by atoms with van der Waals surface area (Å²) in [6.45, 7) is -0.255. The summed E-state index contributed by atoms with van der Waals surface area (Å²) in [5, 5.41) is 0. The van der Waals surface area contributed by atoms with Gasteiger partial charge in [0.25, 0.3) is 0 Å². The van der Waals surface area contributed by atoms with Gasteiger partial charge in [-0.1, -0.05) is 0 Å². The normalized spacial score (nSPS) is 23.1. The molecule has 0 radical (unpaired) electrons. The Morgan fingerprint density at radius 2 is 1.54 bits per heavy atom. The molecule has 136 valence electrons. The molecule has 2 heterocycles. The van der Waals surface area contributed by atoms with E-state index < -0.39 is 30.2 Å². The Kier molecular flexibility index (Phi) is 5.14. The lowest BCUT2D eigenvalue weighted by molar-refractivity contribution is -0.188. The molecule has 1 unspecified atom stereocenters. The van der Waals surface area contributed by atoms with Crippen LogP contribution >= 0.6 is 0 Å². The molecule has 0 spiro atoms. The Morgan fingerprint density at radius 3 is 2.12 bits per heavy atom. The topological polar surface area (TPSA) is 40.6 Å². The lowest BCUT2D eigenvalue weighted by Gasteiger charge is -2.39. The minimum Gasteiger partial charge on any atom is -0.328 e. The zero-order chi connectivity index (χ0) is 18.1. The van der Waals surface area contributed by atoms with Crippen LogP contribution in [-0.2, 0) is 9.59 Å². The lowest BCUT2D eigenvalue weighted by atomic mass is 9.91. The second-order valence-corrected chi connectivity index (χ2v) is 5.81. The highest BCUT2D eigenvalue weighted by Crippen LogP contribution is 2.32. The van der Waals surface area contributed by atoms with Gasteiger partial charge < -0.3 is 9.80 Å². The molecule has 1 atom stereocenters. The van der Waals surface area contributed by atoms with Crippen molar-refractivity contribution in [2.45, 2.75) is 50.5 Å². The first-order chi connectivity index (χ1) is 11.0. The second kappa shape index (κ2) is 6.64. The van der Waals surface area contributed by atoms with Gasteiger partial charge >= 0.3 is 24.2 Å². The molecule has 1 saturated heterocycles. The van der Waals surface area contributed by atoms with Gasteiger partial charge in [0, 0.05) is 19.3 Å². The molecule has 0 bridgehead atoms. The molecule has 2 amide bonds. The van der Waals surface area contributed by atoms with Crippen molar-refractivity contribution in [3.05, 3.63) is 11.8 Å². The van der Waals surface area contributed by atoms with Crippen LogP contribution in [0.1, 0.15) is 32.1 Å². The van der Waals surface area contributed by atoms with E-state index in [0.29, 0.717) is 22.6 Å². The first kappa shape index (κ1) is 18.6. The Hall–Kier alpha value is -1.74. The molecule has 0 saturated carbocycles. The molecular formula is C14H16F6N2O2. The predicted octanol–water partition coefficient (Wildman–Crippen LogP) is 3.00. The smallest absolute Gasteiger partial charge is 0.328 e. The van der Waals surface area contributed by atoms with Crippen LogP contribution in [0, 0.1) is 0 Å². The molecule has 24 heavy (non-hydrogen) atoms. The standard InChI is InChI=1S/C14H16F6N2O2/c15-13(16,17)11(23)21-6-3-4-9(8-21)10-5-1-2-7-22(10)12(24)14(18,19)20/h8,10H,1-7H2. The molecule has 2 rings (SSSR count). The number of rotatable bonds is 1. The van der Waals surface area contributed by atoms with E-state index in [1.54, 1.807) is 0 Å². The summed E-state index contributed by atoms with van der Waals surface area (Å²) in [6.07, 6.45) is -7.45. The number of nitrogens with zero attached hydrogens (tertiary/aromatic N) is 2. The number of hydrogen-bond donors (Lipinski definition) is 0. The van der Waals surface area contributed by atoms with Gasteiger partial charge in [0.15, 0.2) is 0 Å². The van der Waals surface area contributed by atoms with E-state index in [0.717, 1.165) is 6.20 Å². The summed E-state index contributed by atoms with van der Waals surface area (Å²) < 4.78 is 75.7. The fourth-order valence-electron chi connectivity index (χ4n) is 3.08. The predicted molar refractivity (Wildman–Crippen MR) is 70.5 cm³/mol. The van der Waals surface area contributed by atoms with E-state index in [-0.39, 0.29) is 37.9 Å². The first-order valence-corrected chi connectivity index (χ1v) is 7.48. The fraction of sp³-hybridized carbons (Fsp3) is 0.714. The van der Waals surface area contributed by atoms with Crippen molar-refractivity contribution in [1.29, 1.82) is 0 Å². The van der Waals surface area contributed by atoms with Crippen LogP contribution < -0.4 is 0 Å². The molecule has 10 heteroatoms. The van der Waals surface area contributed by atoms with Gasteiger partial charge in [0.2, 0.25) is 0 Å². The van der Waals surface area contributed by atoms with Crippen molar-refractivity contribution in [3.63, 3.8) is 0 Å². The molecule has 0 aromatic heterocycles. The molecule has 2 aliphatic rings. The van der Waals surface area contributed by atoms with Gasteiger partial charge in [-0.25, -0.2) is 0 Å². The maximum Gasteiger partial charge on any atom is 0.471 e. The third-order valence-electron chi connectivity index (χ3n) is 4.12. The number of alkyl halides is 6. The summed E-state index contributed by atoms with van der Waals surface area (Å²) in [5.41, 5.74) is 0.260. The highest BCUT2D eigenvalue weighted by atomic mass is 19.4. The van der Waals surface area contributed by atoms with Gasteiger partial charge in [-0.15, -0.1) is 0 Å². The third-order valence-corrected chi connectivity index (χ3v) is 4.12. The number of carbonyl (C=O) groups excluding carboxylic acids is 2. The van der Waals surface area contributed by atoms with Crippen LogP contribution in [0.5, 0.6) is 0 Å². The minimum absolute atomic E-state index is 0.104. The number of halogens is 6. The summed E-state index contributed by atoms with van der Waals surface area (Å²) in [7, 11) is 0. The zero-order valence-electron chi connectivity index (χ0n) is 12.6. The van der Waals surface area contributed by atoms with Crippen LogP contribution in [0.3, 0.4) is 0 Å². The largest absolute Gasteiger partial charge is 0.471 e. The average Bonchev–Trinajstić information content (AvgIpc) is 2.52. The van der Waals surface area contributed by atoms with Crippen LogP contribution in [0.4, 0.5) is 26.3 Å². The molecule has 0 aliphatic carbocycles. The van der Waals surface area contributed by atoms with Crippen LogP contribution in [0.15, 0.2) is 11.8 Å². The Morgan fingerprint density at radius 1 is 0.917 bits per heavy atom. The van der Waals surface area contributed by atoms with Gasteiger partial charge in [0.1, 0.15) is 0 Å². The van der Waals surface area contributed by atoms with Crippen LogP contribution in [0.2, 0.25) is 0 Å². The highest BCUT2D eigenvalue weighted by Gasteiger charge is 2.47. The molecular weight excluding hydrogens is 342 g/mol. The average molecular weight is 358 g/mol. The molecule has 1 fully saturated rings. The maximum atomic E-state index is 12.7. The van der Waals surface area contributed by atoms with Gasteiger partial charge in [-0.3, -0.25) is 9.59 Å². The van der Waals surface area contributed by atoms with E-state index >= 15 is 0 Å². The molecule has 4 nitrogen and oxygen atoms in total. The number of carbonyl (C=O) groups is 2. The van der Waals surface area contributed by atoms with Crippen molar-refractivity contribution in [2.75, 3.05) is 13.1 Å². The van der Waals surface area contributed by atoms with Gasteiger partial charge in [-0.2, -0.15) is 26.3 Å². The third kappa shape index (κ3) is 4.02. The lowest BCUT2D eigenvalue weighted by Crippen LogP contribution is -2.51. The van der Waals surface area contributed by atoms with E-state index in [1.807, 2.05) is 0 Å². The minimum atomic E-state index is -5.05. The monoisotopic (exact) mass is 358 g/mol. The molecule has 0 N–H and O–H groups in total. The number of hydrogen-bond acceptors (Lipinski definition) is 2. The van der Waals surface area contributed by atoms with E-state index in [2.05, 4.69) is 0 Å². The van der Waals surface area contributed by atoms with Crippen molar-refractivity contribution < 1.29 is 35.9 Å². The van der Waals surface area contributed by atoms with E-state index in [1.165, 1.54) is 0 Å². The molecule has 2 aliphatic heterocycles. The summed E-state index contributed by atoms with van der Waals surface area (Å²) in [5.74, 6) is -4.04. The second-order valence-electron chi connectivity index (χ2n) is 5.81. The Labute approximate surface area is 134 Å². The Balaban J connectivity index is 2.25. The first-order valence-electron chi connectivity index (χ1n) is 7.48. The summed E-state index contributed by atoms with van der Waals surface area (Å²) >= 11 is 0. The van der Waals surface area contributed by atoms with E-state index in [9.17, 15) is 35.9 Å². The van der Waals surface area contributed by atoms with Crippen LogP contribution in [0.25, 0.3) is 0 Å². The van der Waals surface area contributed by atoms with E-state index in [4.69, 9.17) is 0 Å². The van der Waals surface area contributed by atoms with Crippen molar-refractivity contribution in [3.8, 4) is 0 Å². The zero-order valence-corrected chi connectivity index (χ0v) is 12.6. The SMILES string of the molecule is O=C(N1C=C(C2CCCCN2C(=O)C(F)(F)F)CCC1)C(F)(F)F. The molecule has 0 aromatic carbocycles. The highest BCUT2D eigenvalue weighted by molar-refractivity contribution is 5.84. The van der Waals surface area contributed by atoms with Gasteiger partial charge in [-0.05, 0) is 37.7 Å². The Bertz CT molecular complexity index is 540. The van der Waals surface area contributed by atoms with Crippen molar-refractivity contribution in [1.82, 2.24) is 9.80 Å². The van der Waals surface area contributed by atoms with Crippen molar-refractivity contribution in [2.24, 2.45) is 0 Å². The number of amides is 2. The summed E-state index contributed by atoms with van der Waals surface area (Å²) in [6, 6.07) is -0.920. The quantitative estimate of drug-likeness (QED) is 0.676. The summed E-state index contributed by atoms with van der Waals surface area (Å²) in [4.78, 5) is 24.0. The molecule has 0 aromatic rings. The van der Waals surface area contributed by atoms with Crippen LogP contribution in [-0.4, -0.2) is 53.1 Å². The number of piperidine rings is 1.